The Hall–Kier alpha value is -0.570. The van der Waals surface area contributed by atoms with Crippen molar-refractivity contribution in [2.75, 3.05) is 0 Å². The molecule has 3 nitrogen and oxygen atoms in total. The van der Waals surface area contributed by atoms with Crippen LogP contribution in [0.15, 0.2) is 0 Å². The second-order valence-corrected chi connectivity index (χ2v) is 5.34. The first-order valence-corrected chi connectivity index (χ1v) is 6.44. The molecule has 3 atom stereocenters. The Labute approximate surface area is 97.9 Å². The fourth-order valence-electron chi connectivity index (χ4n) is 2.91. The monoisotopic (exact) mass is 228 g/mol. The molecule has 0 bridgehead atoms. The summed E-state index contributed by atoms with van der Waals surface area (Å²) in [6, 6.07) is 0. The third-order valence-electron chi connectivity index (χ3n) is 3.80. The third kappa shape index (κ3) is 3.21. The van der Waals surface area contributed by atoms with E-state index in [2.05, 4.69) is 6.92 Å². The average molecular weight is 228 g/mol. The Morgan fingerprint density at radius 3 is 2.75 bits per heavy atom. The first kappa shape index (κ1) is 13.5. The first-order valence-electron chi connectivity index (χ1n) is 6.44. The Morgan fingerprint density at radius 1 is 1.56 bits per heavy atom. The summed E-state index contributed by atoms with van der Waals surface area (Å²) in [7, 11) is 0. The summed E-state index contributed by atoms with van der Waals surface area (Å²) in [5, 5.41) is 19.8. The number of hydrogen-bond donors (Lipinski definition) is 2. The summed E-state index contributed by atoms with van der Waals surface area (Å²) >= 11 is 0. The molecule has 0 heterocycles. The fraction of sp³-hybridized carbons (Fsp3) is 0.923. The van der Waals surface area contributed by atoms with Gasteiger partial charge in [0.25, 0.3) is 0 Å². The standard InChI is InChI=1S/C13H24O3/c1-3-4-7-11(12(14)15)13(16)8-5-6-10(2)9-13/h10-11,16H,3-9H2,1-2H3,(H,14,15). The van der Waals surface area contributed by atoms with Gasteiger partial charge in [0, 0.05) is 0 Å². The lowest BCUT2D eigenvalue weighted by molar-refractivity contribution is -0.157. The Balaban J connectivity index is 2.70. The molecule has 0 aromatic rings. The largest absolute Gasteiger partial charge is 0.481 e. The predicted octanol–water partition coefficient (Wildman–Crippen LogP) is 2.82. The molecule has 0 aromatic carbocycles. The Kier molecular flexibility index (Phi) is 4.78. The Morgan fingerprint density at radius 2 is 2.25 bits per heavy atom. The second kappa shape index (κ2) is 5.67. The van der Waals surface area contributed by atoms with E-state index >= 15 is 0 Å². The zero-order valence-electron chi connectivity index (χ0n) is 10.4. The van der Waals surface area contributed by atoms with E-state index in [0.717, 1.165) is 25.7 Å². The quantitative estimate of drug-likeness (QED) is 0.760. The van der Waals surface area contributed by atoms with Gasteiger partial charge in [-0.25, -0.2) is 0 Å². The minimum atomic E-state index is -0.960. The summed E-state index contributed by atoms with van der Waals surface area (Å²) in [6.45, 7) is 4.15. The minimum absolute atomic E-state index is 0.447. The molecular weight excluding hydrogens is 204 g/mol. The number of aliphatic carboxylic acids is 1. The lowest BCUT2D eigenvalue weighted by Gasteiger charge is -2.39. The van der Waals surface area contributed by atoms with Crippen LogP contribution in [0.1, 0.15) is 58.8 Å². The molecule has 94 valence electrons. The third-order valence-corrected chi connectivity index (χ3v) is 3.80. The molecule has 3 heteroatoms. The number of rotatable bonds is 5. The summed E-state index contributed by atoms with van der Waals surface area (Å²) < 4.78 is 0. The molecule has 0 radical (unpaired) electrons. The van der Waals surface area contributed by atoms with Crippen molar-refractivity contribution < 1.29 is 15.0 Å². The minimum Gasteiger partial charge on any atom is -0.481 e. The smallest absolute Gasteiger partial charge is 0.309 e. The molecular formula is C13H24O3. The van der Waals surface area contributed by atoms with E-state index in [1.54, 1.807) is 0 Å². The highest BCUT2D eigenvalue weighted by molar-refractivity contribution is 5.71. The van der Waals surface area contributed by atoms with Crippen molar-refractivity contribution in [1.82, 2.24) is 0 Å². The lowest BCUT2D eigenvalue weighted by Crippen LogP contribution is -2.45. The SMILES string of the molecule is CCCCC(C(=O)O)C1(O)CCCC(C)C1. The van der Waals surface area contributed by atoms with Gasteiger partial charge in [0.15, 0.2) is 0 Å². The van der Waals surface area contributed by atoms with Crippen LogP contribution in [-0.4, -0.2) is 21.8 Å². The van der Waals surface area contributed by atoms with Gasteiger partial charge < -0.3 is 10.2 Å². The van der Waals surface area contributed by atoms with E-state index < -0.39 is 17.5 Å². The number of carbonyl (C=O) groups is 1. The number of carboxylic acids is 1. The van der Waals surface area contributed by atoms with Gasteiger partial charge in [-0.2, -0.15) is 0 Å². The normalized spacial score (nSPS) is 32.3. The van der Waals surface area contributed by atoms with Gasteiger partial charge in [-0.05, 0) is 25.2 Å². The van der Waals surface area contributed by atoms with Crippen LogP contribution >= 0.6 is 0 Å². The van der Waals surface area contributed by atoms with Crippen LogP contribution in [0.3, 0.4) is 0 Å². The molecule has 1 aliphatic rings. The fourth-order valence-corrected chi connectivity index (χ4v) is 2.91. The molecule has 3 unspecified atom stereocenters. The number of unbranched alkanes of at least 4 members (excludes halogenated alkanes) is 1. The molecule has 16 heavy (non-hydrogen) atoms. The molecule has 1 fully saturated rings. The van der Waals surface area contributed by atoms with Crippen molar-refractivity contribution in [3.05, 3.63) is 0 Å². The highest BCUT2D eigenvalue weighted by Gasteiger charge is 2.43. The highest BCUT2D eigenvalue weighted by Crippen LogP contribution is 2.39. The molecule has 0 aromatic heterocycles. The van der Waals surface area contributed by atoms with Gasteiger partial charge in [0.2, 0.25) is 0 Å². The van der Waals surface area contributed by atoms with Crippen molar-refractivity contribution in [1.29, 1.82) is 0 Å². The van der Waals surface area contributed by atoms with Crippen molar-refractivity contribution in [2.24, 2.45) is 11.8 Å². The van der Waals surface area contributed by atoms with E-state index in [9.17, 15) is 15.0 Å². The number of carboxylic acid groups (broad SMARTS) is 1. The van der Waals surface area contributed by atoms with E-state index in [1.807, 2.05) is 6.92 Å². The summed E-state index contributed by atoms with van der Waals surface area (Å²) in [5.41, 5.74) is -0.960. The van der Waals surface area contributed by atoms with Crippen LogP contribution in [0.5, 0.6) is 0 Å². The van der Waals surface area contributed by atoms with Crippen LogP contribution in [0.25, 0.3) is 0 Å². The average Bonchev–Trinajstić information content (AvgIpc) is 2.16. The van der Waals surface area contributed by atoms with Crippen LogP contribution in [-0.2, 0) is 4.79 Å². The van der Waals surface area contributed by atoms with E-state index in [1.165, 1.54) is 0 Å². The van der Waals surface area contributed by atoms with Crippen LogP contribution in [0.2, 0.25) is 0 Å². The number of hydrogen-bond acceptors (Lipinski definition) is 2. The van der Waals surface area contributed by atoms with E-state index in [-0.39, 0.29) is 0 Å². The van der Waals surface area contributed by atoms with Crippen LogP contribution in [0, 0.1) is 11.8 Å². The Bertz CT molecular complexity index is 239. The summed E-state index contributed by atoms with van der Waals surface area (Å²) in [4.78, 5) is 11.3. The van der Waals surface area contributed by atoms with Gasteiger partial charge in [-0.3, -0.25) is 4.79 Å². The van der Waals surface area contributed by atoms with Gasteiger partial charge in [0.05, 0.1) is 11.5 Å². The predicted molar refractivity (Wildman–Crippen MR) is 63.2 cm³/mol. The van der Waals surface area contributed by atoms with E-state index in [4.69, 9.17) is 0 Å². The summed E-state index contributed by atoms with van der Waals surface area (Å²) in [5.74, 6) is -0.956. The van der Waals surface area contributed by atoms with Crippen LogP contribution < -0.4 is 0 Å². The first-order chi connectivity index (χ1) is 7.49. The molecule has 0 aliphatic heterocycles. The van der Waals surface area contributed by atoms with Gasteiger partial charge in [-0.1, -0.05) is 39.5 Å². The van der Waals surface area contributed by atoms with Crippen molar-refractivity contribution >= 4 is 5.97 Å². The maximum absolute atomic E-state index is 11.3. The molecule has 1 saturated carbocycles. The molecule has 0 spiro atoms. The van der Waals surface area contributed by atoms with Crippen molar-refractivity contribution in [3.8, 4) is 0 Å². The van der Waals surface area contributed by atoms with Gasteiger partial charge >= 0.3 is 5.97 Å². The molecule has 0 saturated heterocycles. The lowest BCUT2D eigenvalue weighted by atomic mass is 9.70. The molecule has 0 amide bonds. The van der Waals surface area contributed by atoms with Crippen molar-refractivity contribution in [2.45, 2.75) is 64.4 Å². The second-order valence-electron chi connectivity index (χ2n) is 5.34. The zero-order valence-corrected chi connectivity index (χ0v) is 10.4. The highest BCUT2D eigenvalue weighted by atomic mass is 16.4. The van der Waals surface area contributed by atoms with Crippen molar-refractivity contribution in [3.63, 3.8) is 0 Å². The molecule has 2 N–H and O–H groups in total. The van der Waals surface area contributed by atoms with Crippen LogP contribution in [0.4, 0.5) is 0 Å². The zero-order chi connectivity index (χ0) is 12.2. The maximum Gasteiger partial charge on any atom is 0.309 e. The molecule has 1 aliphatic carbocycles. The van der Waals surface area contributed by atoms with E-state index in [0.29, 0.717) is 25.2 Å². The summed E-state index contributed by atoms with van der Waals surface area (Å²) in [6.07, 6.45) is 5.83. The van der Waals surface area contributed by atoms with Gasteiger partial charge in [0.1, 0.15) is 0 Å². The molecule has 1 rings (SSSR count). The number of aliphatic hydroxyl groups is 1. The topological polar surface area (TPSA) is 57.5 Å². The van der Waals surface area contributed by atoms with Gasteiger partial charge in [-0.15, -0.1) is 0 Å². The maximum atomic E-state index is 11.3.